The van der Waals surface area contributed by atoms with Crippen LogP contribution >= 0.6 is 0 Å². The molecule has 1 aliphatic heterocycles. The van der Waals surface area contributed by atoms with E-state index in [1.807, 2.05) is 0 Å². The molecule has 0 radical (unpaired) electrons. The van der Waals surface area contributed by atoms with Crippen molar-refractivity contribution < 1.29 is 14.6 Å². The van der Waals surface area contributed by atoms with E-state index in [0.717, 1.165) is 32.5 Å². The molecule has 1 atom stereocenters. The summed E-state index contributed by atoms with van der Waals surface area (Å²) < 4.78 is 13.5. The van der Waals surface area contributed by atoms with E-state index in [4.69, 9.17) is 5.11 Å². The third-order valence-corrected chi connectivity index (χ3v) is 3.95. The number of halogens is 1. The summed E-state index contributed by atoms with van der Waals surface area (Å²) in [5.74, 6) is 0.0849. The Kier molecular flexibility index (Phi) is 5.31. The highest BCUT2D eigenvalue weighted by molar-refractivity contribution is 5.19. The number of likely N-dealkylation sites (tertiary alicyclic amines) is 1. The predicted octanol–water partition coefficient (Wildman–Crippen LogP) is 1.95. The standard InChI is InChI=1S/C15H22FNO2/c16-14-4-2-1-3-13(14)15(19)7-10-17-8-5-12(11-18)6-9-17/h1-4,12,15,18-19H,5-11H2. The maximum Gasteiger partial charge on any atom is 0.128 e. The molecule has 2 rings (SSSR count). The summed E-state index contributed by atoms with van der Waals surface area (Å²) >= 11 is 0. The predicted molar refractivity (Wildman–Crippen MR) is 72.2 cm³/mol. The lowest BCUT2D eigenvalue weighted by Gasteiger charge is -2.31. The van der Waals surface area contributed by atoms with Gasteiger partial charge in [0, 0.05) is 18.7 Å². The number of benzene rings is 1. The first-order chi connectivity index (χ1) is 9.20. The van der Waals surface area contributed by atoms with E-state index in [-0.39, 0.29) is 12.4 Å². The summed E-state index contributed by atoms with van der Waals surface area (Å²) in [6.07, 6.45) is 1.82. The molecule has 1 aliphatic rings. The first-order valence-corrected chi connectivity index (χ1v) is 6.96. The van der Waals surface area contributed by atoms with Crippen molar-refractivity contribution in [3.05, 3.63) is 35.6 Å². The van der Waals surface area contributed by atoms with E-state index in [1.165, 1.54) is 6.07 Å². The zero-order valence-electron chi connectivity index (χ0n) is 11.1. The summed E-state index contributed by atoms with van der Waals surface area (Å²) in [6.45, 7) is 2.95. The molecule has 0 aliphatic carbocycles. The number of hydrogen-bond acceptors (Lipinski definition) is 3. The van der Waals surface area contributed by atoms with E-state index in [0.29, 0.717) is 17.9 Å². The van der Waals surface area contributed by atoms with Gasteiger partial charge < -0.3 is 15.1 Å². The van der Waals surface area contributed by atoms with Crippen LogP contribution in [0.1, 0.15) is 30.9 Å². The summed E-state index contributed by atoms with van der Waals surface area (Å²) in [7, 11) is 0. The van der Waals surface area contributed by atoms with E-state index >= 15 is 0 Å². The Labute approximate surface area is 113 Å². The van der Waals surface area contributed by atoms with Gasteiger partial charge in [-0.2, -0.15) is 0 Å². The van der Waals surface area contributed by atoms with Crippen molar-refractivity contribution in [1.29, 1.82) is 0 Å². The highest BCUT2D eigenvalue weighted by Crippen LogP contribution is 2.22. The molecule has 1 unspecified atom stereocenters. The SMILES string of the molecule is OCC1CCN(CCC(O)c2ccccc2F)CC1. The molecule has 0 saturated carbocycles. The molecular weight excluding hydrogens is 245 g/mol. The Hall–Kier alpha value is -0.970. The van der Waals surface area contributed by atoms with Crippen LogP contribution < -0.4 is 0 Å². The Morgan fingerprint density at radius 1 is 1.26 bits per heavy atom. The molecular formula is C15H22FNO2. The summed E-state index contributed by atoms with van der Waals surface area (Å²) in [4.78, 5) is 2.27. The van der Waals surface area contributed by atoms with Crippen molar-refractivity contribution in [2.24, 2.45) is 5.92 Å². The lowest BCUT2D eigenvalue weighted by molar-refractivity contribution is 0.103. The Morgan fingerprint density at radius 3 is 2.58 bits per heavy atom. The number of nitrogens with zero attached hydrogens (tertiary/aromatic N) is 1. The van der Waals surface area contributed by atoms with E-state index < -0.39 is 6.10 Å². The first kappa shape index (κ1) is 14.4. The summed E-state index contributed by atoms with van der Waals surface area (Å²) in [5, 5.41) is 19.1. The normalized spacial score (nSPS) is 19.5. The molecule has 3 nitrogen and oxygen atoms in total. The van der Waals surface area contributed by atoms with Gasteiger partial charge in [0.25, 0.3) is 0 Å². The second-order valence-electron chi connectivity index (χ2n) is 5.29. The van der Waals surface area contributed by atoms with Gasteiger partial charge in [0.2, 0.25) is 0 Å². The Morgan fingerprint density at radius 2 is 1.95 bits per heavy atom. The maximum absolute atomic E-state index is 13.5. The molecule has 2 N–H and O–H groups in total. The van der Waals surface area contributed by atoms with Gasteiger partial charge in [0.1, 0.15) is 5.82 Å². The second-order valence-corrected chi connectivity index (χ2v) is 5.29. The van der Waals surface area contributed by atoms with E-state index in [1.54, 1.807) is 18.2 Å². The van der Waals surface area contributed by atoms with Crippen LogP contribution in [0.4, 0.5) is 4.39 Å². The van der Waals surface area contributed by atoms with E-state index in [9.17, 15) is 9.50 Å². The highest BCUT2D eigenvalue weighted by atomic mass is 19.1. The zero-order chi connectivity index (χ0) is 13.7. The highest BCUT2D eigenvalue weighted by Gasteiger charge is 2.19. The smallest absolute Gasteiger partial charge is 0.128 e. The molecule has 1 aromatic rings. The number of hydrogen-bond donors (Lipinski definition) is 2. The van der Waals surface area contributed by atoms with Crippen LogP contribution in [0.25, 0.3) is 0 Å². The Balaban J connectivity index is 1.78. The fourth-order valence-corrected chi connectivity index (χ4v) is 2.60. The molecule has 0 amide bonds. The topological polar surface area (TPSA) is 43.7 Å². The lowest BCUT2D eigenvalue weighted by atomic mass is 9.97. The van der Waals surface area contributed by atoms with Crippen molar-refractivity contribution in [1.82, 2.24) is 4.90 Å². The minimum absolute atomic E-state index is 0.270. The van der Waals surface area contributed by atoms with Gasteiger partial charge in [-0.1, -0.05) is 18.2 Å². The molecule has 106 valence electrons. The zero-order valence-corrected chi connectivity index (χ0v) is 11.1. The van der Waals surface area contributed by atoms with Crippen molar-refractivity contribution >= 4 is 0 Å². The number of rotatable bonds is 5. The largest absolute Gasteiger partial charge is 0.396 e. The number of piperidine rings is 1. The molecule has 19 heavy (non-hydrogen) atoms. The molecule has 0 bridgehead atoms. The molecule has 1 heterocycles. The third kappa shape index (κ3) is 4.00. The Bertz CT molecular complexity index is 391. The average molecular weight is 267 g/mol. The van der Waals surface area contributed by atoms with Crippen LogP contribution in [-0.2, 0) is 0 Å². The molecule has 1 saturated heterocycles. The lowest BCUT2D eigenvalue weighted by Crippen LogP contribution is -2.35. The van der Waals surface area contributed by atoms with Gasteiger partial charge in [-0.15, -0.1) is 0 Å². The minimum atomic E-state index is -0.739. The molecule has 4 heteroatoms. The van der Waals surface area contributed by atoms with Gasteiger partial charge in [0.05, 0.1) is 6.10 Å². The molecule has 1 fully saturated rings. The van der Waals surface area contributed by atoms with Gasteiger partial charge in [-0.25, -0.2) is 4.39 Å². The number of aliphatic hydroxyl groups is 2. The minimum Gasteiger partial charge on any atom is -0.396 e. The van der Waals surface area contributed by atoms with Crippen LogP contribution in [-0.4, -0.2) is 41.4 Å². The van der Waals surface area contributed by atoms with E-state index in [2.05, 4.69) is 4.90 Å². The van der Waals surface area contributed by atoms with Crippen molar-refractivity contribution in [2.45, 2.75) is 25.4 Å². The fraction of sp³-hybridized carbons (Fsp3) is 0.600. The van der Waals surface area contributed by atoms with Crippen LogP contribution in [0.5, 0.6) is 0 Å². The molecule has 1 aromatic carbocycles. The third-order valence-electron chi connectivity index (χ3n) is 3.95. The maximum atomic E-state index is 13.5. The van der Waals surface area contributed by atoms with Gasteiger partial charge >= 0.3 is 0 Å². The van der Waals surface area contributed by atoms with Gasteiger partial charge in [-0.3, -0.25) is 0 Å². The monoisotopic (exact) mass is 267 g/mol. The van der Waals surface area contributed by atoms with Gasteiger partial charge in [-0.05, 0) is 44.3 Å². The summed E-state index contributed by atoms with van der Waals surface area (Å²) in [5.41, 5.74) is 0.382. The van der Waals surface area contributed by atoms with Crippen LogP contribution in [0, 0.1) is 11.7 Å². The van der Waals surface area contributed by atoms with Crippen LogP contribution in [0.2, 0.25) is 0 Å². The first-order valence-electron chi connectivity index (χ1n) is 6.96. The van der Waals surface area contributed by atoms with Gasteiger partial charge in [0.15, 0.2) is 0 Å². The second kappa shape index (κ2) is 6.98. The summed E-state index contributed by atoms with van der Waals surface area (Å²) in [6, 6.07) is 6.39. The fourth-order valence-electron chi connectivity index (χ4n) is 2.60. The molecule has 0 aromatic heterocycles. The average Bonchev–Trinajstić information content (AvgIpc) is 2.46. The quantitative estimate of drug-likeness (QED) is 0.857. The van der Waals surface area contributed by atoms with Crippen LogP contribution in [0.3, 0.4) is 0 Å². The van der Waals surface area contributed by atoms with Crippen molar-refractivity contribution in [3.8, 4) is 0 Å². The van der Waals surface area contributed by atoms with Crippen molar-refractivity contribution in [2.75, 3.05) is 26.2 Å². The van der Waals surface area contributed by atoms with Crippen molar-refractivity contribution in [3.63, 3.8) is 0 Å². The van der Waals surface area contributed by atoms with Crippen LogP contribution in [0.15, 0.2) is 24.3 Å². The number of aliphatic hydroxyl groups excluding tert-OH is 2. The molecule has 0 spiro atoms.